The molecule has 9 heteroatoms. The second-order valence-electron chi connectivity index (χ2n) is 7.93. The fourth-order valence-corrected chi connectivity index (χ4v) is 3.81. The summed E-state index contributed by atoms with van der Waals surface area (Å²) in [5.74, 6) is 2.14. The van der Waals surface area contributed by atoms with Crippen LogP contribution in [0.1, 0.15) is 43.0 Å². The van der Waals surface area contributed by atoms with Gasteiger partial charge in [-0.1, -0.05) is 26.0 Å². The number of aromatic amines is 1. The van der Waals surface area contributed by atoms with E-state index < -0.39 is 0 Å². The normalized spacial score (nSPS) is 15.5. The number of carbonyl (C=O) groups excluding carboxylic acids is 1. The van der Waals surface area contributed by atoms with Crippen LogP contribution >= 0.6 is 0 Å². The number of anilines is 1. The molecule has 0 bridgehead atoms. The molecule has 4 rings (SSSR count). The smallest absolute Gasteiger partial charge is 0.264 e. The van der Waals surface area contributed by atoms with Crippen LogP contribution in [0.3, 0.4) is 0 Å². The van der Waals surface area contributed by atoms with Crippen LogP contribution in [0.4, 0.5) is 5.82 Å². The van der Waals surface area contributed by atoms with Gasteiger partial charge in [-0.2, -0.15) is 14.9 Å². The van der Waals surface area contributed by atoms with E-state index in [1.807, 2.05) is 25.1 Å². The Morgan fingerprint density at radius 1 is 1.23 bits per heavy atom. The topological polar surface area (TPSA) is 111 Å². The summed E-state index contributed by atoms with van der Waals surface area (Å²) >= 11 is 0. The zero-order valence-electron chi connectivity index (χ0n) is 17.9. The molecule has 3 heterocycles. The Balaban J connectivity index is 1.85. The Labute approximate surface area is 179 Å². The molecule has 0 spiro atoms. The first-order valence-corrected chi connectivity index (χ1v) is 10.1. The zero-order chi connectivity index (χ0) is 22.1. The summed E-state index contributed by atoms with van der Waals surface area (Å²) in [6.07, 6.45) is 0.254. The maximum absolute atomic E-state index is 12.7. The summed E-state index contributed by atoms with van der Waals surface area (Å²) in [6, 6.07) is 8.63. The second kappa shape index (κ2) is 8.25. The van der Waals surface area contributed by atoms with Gasteiger partial charge in [-0.3, -0.25) is 9.59 Å². The largest absolute Gasteiger partial charge is 0.493 e. The predicted molar refractivity (Wildman–Crippen MR) is 115 cm³/mol. The van der Waals surface area contributed by atoms with E-state index in [4.69, 9.17) is 9.47 Å². The number of benzene rings is 1. The molecule has 1 atom stereocenters. The molecule has 1 aliphatic rings. The van der Waals surface area contributed by atoms with Gasteiger partial charge in [0.15, 0.2) is 17.3 Å². The van der Waals surface area contributed by atoms with Crippen molar-refractivity contribution >= 4 is 11.7 Å². The third kappa shape index (κ3) is 3.90. The van der Waals surface area contributed by atoms with Crippen LogP contribution < -0.4 is 20.3 Å². The summed E-state index contributed by atoms with van der Waals surface area (Å²) in [5.41, 5.74) is 2.20. The van der Waals surface area contributed by atoms with Crippen LogP contribution in [0.5, 0.6) is 11.5 Å². The average Bonchev–Trinajstić information content (AvgIpc) is 3.08. The fraction of sp³-hybridized carbons (Fsp3) is 0.364. The van der Waals surface area contributed by atoms with E-state index in [0.29, 0.717) is 35.7 Å². The summed E-state index contributed by atoms with van der Waals surface area (Å²) in [6.45, 7) is 6.57. The molecule has 0 fully saturated rings. The number of carbonyl (C=O) groups is 1. The van der Waals surface area contributed by atoms with E-state index in [0.717, 1.165) is 16.8 Å². The maximum atomic E-state index is 12.7. The minimum atomic E-state index is -0.313. The number of aryl methyl sites for hydroxylation is 1. The summed E-state index contributed by atoms with van der Waals surface area (Å²) in [7, 11) is 1.60. The van der Waals surface area contributed by atoms with E-state index in [-0.39, 0.29) is 23.8 Å². The Bertz CT molecular complexity index is 1160. The molecule has 0 aliphatic carbocycles. The van der Waals surface area contributed by atoms with Crippen molar-refractivity contribution < 1.29 is 14.3 Å². The monoisotopic (exact) mass is 423 g/mol. The molecule has 1 amide bonds. The molecule has 162 valence electrons. The first-order chi connectivity index (χ1) is 14.9. The first-order valence-electron chi connectivity index (χ1n) is 10.1. The second-order valence-corrected chi connectivity index (χ2v) is 7.93. The number of amides is 1. The Morgan fingerprint density at radius 3 is 2.71 bits per heavy atom. The number of methoxy groups -OCH3 is 1. The highest BCUT2D eigenvalue weighted by molar-refractivity contribution is 5.95. The standard InChI is InChI=1S/C22H25N5O4/c1-12(2)11-31-21-14(6-5-7-16(21)30-4)15-10-19(29)23-22-20(15)13(3)26-27(22)17-8-9-18(28)25-24-17/h5-9,12,15H,10-11H2,1-4H3,(H,23,29)(H,25,28)/t15-/m0/s1. The molecule has 9 nitrogen and oxygen atoms in total. The molecule has 0 saturated carbocycles. The lowest BCUT2D eigenvalue weighted by Gasteiger charge is -2.27. The van der Waals surface area contributed by atoms with E-state index in [1.54, 1.807) is 17.9 Å². The van der Waals surface area contributed by atoms with Crippen molar-refractivity contribution in [2.24, 2.45) is 5.92 Å². The average molecular weight is 423 g/mol. The highest BCUT2D eigenvalue weighted by atomic mass is 16.5. The third-order valence-corrected chi connectivity index (χ3v) is 5.15. The van der Waals surface area contributed by atoms with Gasteiger partial charge < -0.3 is 14.8 Å². The van der Waals surface area contributed by atoms with Gasteiger partial charge in [0.05, 0.1) is 19.4 Å². The lowest BCUT2D eigenvalue weighted by molar-refractivity contribution is -0.116. The van der Waals surface area contributed by atoms with Crippen molar-refractivity contribution in [3.63, 3.8) is 0 Å². The number of fused-ring (bicyclic) bond motifs is 1. The minimum absolute atomic E-state index is 0.138. The molecule has 2 N–H and O–H groups in total. The lowest BCUT2D eigenvalue weighted by atomic mass is 9.85. The summed E-state index contributed by atoms with van der Waals surface area (Å²) < 4.78 is 13.2. The number of aromatic nitrogens is 4. The van der Waals surface area contributed by atoms with Crippen LogP contribution in [0.2, 0.25) is 0 Å². The fourth-order valence-electron chi connectivity index (χ4n) is 3.81. The van der Waals surface area contributed by atoms with Gasteiger partial charge in [-0.15, -0.1) is 0 Å². The van der Waals surface area contributed by atoms with Crippen molar-refractivity contribution in [3.05, 3.63) is 57.5 Å². The molecular formula is C22H25N5O4. The summed E-state index contributed by atoms with van der Waals surface area (Å²) in [5, 5.41) is 14.0. The molecule has 0 saturated heterocycles. The Morgan fingerprint density at radius 2 is 2.03 bits per heavy atom. The van der Waals surface area contributed by atoms with Crippen LogP contribution in [0.15, 0.2) is 35.1 Å². The highest BCUT2D eigenvalue weighted by Crippen LogP contribution is 2.45. The molecule has 1 aromatic carbocycles. The van der Waals surface area contributed by atoms with Crippen molar-refractivity contribution in [1.82, 2.24) is 20.0 Å². The van der Waals surface area contributed by atoms with Gasteiger partial charge in [0.2, 0.25) is 5.91 Å². The number of ether oxygens (including phenoxy) is 2. The third-order valence-electron chi connectivity index (χ3n) is 5.15. The number of para-hydroxylation sites is 1. The van der Waals surface area contributed by atoms with Crippen LogP contribution in [-0.4, -0.2) is 39.6 Å². The van der Waals surface area contributed by atoms with E-state index in [1.165, 1.54) is 6.07 Å². The molecule has 0 unspecified atom stereocenters. The quantitative estimate of drug-likeness (QED) is 0.631. The van der Waals surface area contributed by atoms with Crippen molar-refractivity contribution in [2.75, 3.05) is 19.0 Å². The van der Waals surface area contributed by atoms with Gasteiger partial charge in [0.1, 0.15) is 5.82 Å². The van der Waals surface area contributed by atoms with Crippen molar-refractivity contribution in [3.8, 4) is 17.3 Å². The number of rotatable bonds is 6. The SMILES string of the molecule is COc1cccc([C@@H]2CC(=O)Nc3c2c(C)nn3-c2ccc(=O)[nH]n2)c1OCC(C)C. The molecule has 31 heavy (non-hydrogen) atoms. The van der Waals surface area contributed by atoms with E-state index in [9.17, 15) is 9.59 Å². The minimum Gasteiger partial charge on any atom is -0.493 e. The van der Waals surface area contributed by atoms with Crippen molar-refractivity contribution in [2.45, 2.75) is 33.1 Å². The highest BCUT2D eigenvalue weighted by Gasteiger charge is 2.35. The molecule has 3 aromatic rings. The maximum Gasteiger partial charge on any atom is 0.264 e. The summed E-state index contributed by atoms with van der Waals surface area (Å²) in [4.78, 5) is 24.1. The number of nitrogens with one attached hydrogen (secondary N) is 2. The number of hydrogen-bond donors (Lipinski definition) is 2. The number of hydrogen-bond acceptors (Lipinski definition) is 6. The van der Waals surface area contributed by atoms with E-state index >= 15 is 0 Å². The van der Waals surface area contributed by atoms with Gasteiger partial charge in [-0.05, 0) is 25.0 Å². The molecule has 2 aromatic heterocycles. The molecule has 0 radical (unpaired) electrons. The van der Waals surface area contributed by atoms with Crippen molar-refractivity contribution in [1.29, 1.82) is 0 Å². The molecular weight excluding hydrogens is 398 g/mol. The first kappa shape index (κ1) is 20.6. The zero-order valence-corrected chi connectivity index (χ0v) is 17.9. The van der Waals surface area contributed by atoms with Crippen LogP contribution in [0.25, 0.3) is 5.82 Å². The molecule has 1 aliphatic heterocycles. The Kier molecular flexibility index (Phi) is 5.50. The predicted octanol–water partition coefficient (Wildman–Crippen LogP) is 2.78. The van der Waals surface area contributed by atoms with E-state index in [2.05, 4.69) is 34.5 Å². The van der Waals surface area contributed by atoms with Gasteiger partial charge in [0, 0.05) is 29.5 Å². The van der Waals surface area contributed by atoms with Crippen LogP contribution in [-0.2, 0) is 4.79 Å². The van der Waals surface area contributed by atoms with Gasteiger partial charge in [-0.25, -0.2) is 5.10 Å². The van der Waals surface area contributed by atoms with Gasteiger partial charge >= 0.3 is 0 Å². The van der Waals surface area contributed by atoms with Crippen LogP contribution in [0, 0.1) is 12.8 Å². The lowest BCUT2D eigenvalue weighted by Crippen LogP contribution is -2.25. The number of H-pyrrole nitrogens is 1. The Hall–Kier alpha value is -3.62. The van der Waals surface area contributed by atoms with Gasteiger partial charge in [0.25, 0.3) is 5.56 Å². The number of nitrogens with zero attached hydrogens (tertiary/aromatic N) is 3.